The molecule has 0 unspecified atom stereocenters. The van der Waals surface area contributed by atoms with Crippen LogP contribution in [-0.2, 0) is 9.47 Å². The van der Waals surface area contributed by atoms with Gasteiger partial charge in [-0.1, -0.05) is 13.8 Å². The second kappa shape index (κ2) is 5.22. The Balaban J connectivity index is 1.93. The molecule has 0 aromatic rings. The van der Waals surface area contributed by atoms with Crippen LogP contribution in [0.5, 0.6) is 0 Å². The highest BCUT2D eigenvalue weighted by atomic mass is 16.7. The van der Waals surface area contributed by atoms with Gasteiger partial charge in [-0.2, -0.15) is 0 Å². The van der Waals surface area contributed by atoms with Crippen LogP contribution in [0.15, 0.2) is 0 Å². The standard InChI is InChI=1S/C13H25NO3/c1-3-12(15,4-2)10-14-7-5-6-13(11-14)16-8-9-17-13/h15H,3-11H2,1-2H3. The van der Waals surface area contributed by atoms with Gasteiger partial charge in [0.2, 0.25) is 0 Å². The van der Waals surface area contributed by atoms with Gasteiger partial charge in [-0.15, -0.1) is 0 Å². The van der Waals surface area contributed by atoms with Crippen LogP contribution in [0.4, 0.5) is 0 Å². The maximum Gasteiger partial charge on any atom is 0.181 e. The van der Waals surface area contributed by atoms with E-state index in [-0.39, 0.29) is 5.79 Å². The number of ether oxygens (including phenoxy) is 2. The molecule has 2 fully saturated rings. The van der Waals surface area contributed by atoms with E-state index in [1.165, 1.54) is 0 Å². The Morgan fingerprint density at radius 3 is 2.47 bits per heavy atom. The highest BCUT2D eigenvalue weighted by Gasteiger charge is 2.42. The average molecular weight is 243 g/mol. The van der Waals surface area contributed by atoms with Gasteiger partial charge in [0.1, 0.15) is 0 Å². The fraction of sp³-hybridized carbons (Fsp3) is 1.00. The van der Waals surface area contributed by atoms with Gasteiger partial charge in [-0.25, -0.2) is 0 Å². The van der Waals surface area contributed by atoms with Crippen LogP contribution in [0.3, 0.4) is 0 Å². The highest BCUT2D eigenvalue weighted by molar-refractivity contribution is 4.88. The quantitative estimate of drug-likeness (QED) is 0.810. The van der Waals surface area contributed by atoms with Gasteiger partial charge >= 0.3 is 0 Å². The minimum absolute atomic E-state index is 0.374. The van der Waals surface area contributed by atoms with E-state index in [2.05, 4.69) is 4.90 Å². The minimum Gasteiger partial charge on any atom is -0.389 e. The predicted molar refractivity (Wildman–Crippen MR) is 65.8 cm³/mol. The number of piperidine rings is 1. The maximum absolute atomic E-state index is 10.4. The second-order valence-corrected chi connectivity index (χ2v) is 5.35. The van der Waals surface area contributed by atoms with Gasteiger partial charge in [0, 0.05) is 13.0 Å². The average Bonchev–Trinajstić information content (AvgIpc) is 2.77. The molecule has 0 amide bonds. The van der Waals surface area contributed by atoms with E-state index in [1.54, 1.807) is 0 Å². The highest BCUT2D eigenvalue weighted by Crippen LogP contribution is 2.31. The first kappa shape index (κ1) is 13.3. The van der Waals surface area contributed by atoms with E-state index < -0.39 is 5.60 Å². The third-order valence-electron chi connectivity index (χ3n) is 4.14. The molecule has 17 heavy (non-hydrogen) atoms. The Labute approximate surface area is 104 Å². The van der Waals surface area contributed by atoms with E-state index in [0.29, 0.717) is 13.2 Å². The minimum atomic E-state index is -0.558. The third-order valence-corrected chi connectivity index (χ3v) is 4.14. The number of hydrogen-bond acceptors (Lipinski definition) is 4. The van der Waals surface area contributed by atoms with Gasteiger partial charge in [-0.3, -0.25) is 4.90 Å². The van der Waals surface area contributed by atoms with Crippen molar-refractivity contribution in [1.29, 1.82) is 0 Å². The van der Waals surface area contributed by atoms with Crippen molar-refractivity contribution in [3.8, 4) is 0 Å². The molecule has 2 aliphatic rings. The lowest BCUT2D eigenvalue weighted by Gasteiger charge is -2.41. The maximum atomic E-state index is 10.4. The Morgan fingerprint density at radius 1 is 1.24 bits per heavy atom. The van der Waals surface area contributed by atoms with Crippen molar-refractivity contribution in [3.63, 3.8) is 0 Å². The van der Waals surface area contributed by atoms with E-state index in [4.69, 9.17) is 9.47 Å². The third kappa shape index (κ3) is 2.99. The predicted octanol–water partition coefficient (Wildman–Crippen LogP) is 1.38. The summed E-state index contributed by atoms with van der Waals surface area (Å²) in [5, 5.41) is 10.4. The molecule has 0 radical (unpaired) electrons. The summed E-state index contributed by atoms with van der Waals surface area (Å²) in [7, 11) is 0. The molecule has 4 nitrogen and oxygen atoms in total. The molecule has 0 aliphatic carbocycles. The molecule has 0 aromatic heterocycles. The monoisotopic (exact) mass is 243 g/mol. The molecule has 2 saturated heterocycles. The fourth-order valence-corrected chi connectivity index (χ4v) is 2.83. The van der Waals surface area contributed by atoms with Gasteiger partial charge in [-0.05, 0) is 25.8 Å². The summed E-state index contributed by atoms with van der Waals surface area (Å²) in [6, 6.07) is 0. The van der Waals surface area contributed by atoms with Crippen LogP contribution < -0.4 is 0 Å². The topological polar surface area (TPSA) is 41.9 Å². The summed E-state index contributed by atoms with van der Waals surface area (Å²) in [6.45, 7) is 8.08. The summed E-state index contributed by atoms with van der Waals surface area (Å²) in [5.41, 5.74) is -0.558. The zero-order valence-electron chi connectivity index (χ0n) is 11.1. The van der Waals surface area contributed by atoms with Crippen LogP contribution in [0, 0.1) is 0 Å². The number of hydrogen-bond donors (Lipinski definition) is 1. The molecule has 0 bridgehead atoms. The zero-order valence-corrected chi connectivity index (χ0v) is 11.1. The summed E-state index contributed by atoms with van der Waals surface area (Å²) >= 11 is 0. The molecule has 1 N–H and O–H groups in total. The van der Waals surface area contributed by atoms with E-state index in [0.717, 1.165) is 45.3 Å². The molecule has 4 heteroatoms. The molecule has 0 saturated carbocycles. The molecule has 0 aromatic carbocycles. The molecular formula is C13H25NO3. The number of rotatable bonds is 4. The Hall–Kier alpha value is -0.160. The van der Waals surface area contributed by atoms with Gasteiger partial charge < -0.3 is 14.6 Å². The van der Waals surface area contributed by atoms with Crippen molar-refractivity contribution in [1.82, 2.24) is 4.90 Å². The molecular weight excluding hydrogens is 218 g/mol. The Kier molecular flexibility index (Phi) is 4.08. The van der Waals surface area contributed by atoms with Crippen LogP contribution in [0.2, 0.25) is 0 Å². The zero-order chi connectivity index (χ0) is 12.4. The lowest BCUT2D eigenvalue weighted by Crippen LogP contribution is -2.53. The van der Waals surface area contributed by atoms with E-state index >= 15 is 0 Å². The first-order chi connectivity index (χ1) is 8.11. The smallest absolute Gasteiger partial charge is 0.181 e. The largest absolute Gasteiger partial charge is 0.389 e. The first-order valence-corrected chi connectivity index (χ1v) is 6.84. The van der Waals surface area contributed by atoms with Gasteiger partial charge in [0.25, 0.3) is 0 Å². The summed E-state index contributed by atoms with van der Waals surface area (Å²) in [6.07, 6.45) is 3.67. The van der Waals surface area contributed by atoms with Crippen LogP contribution >= 0.6 is 0 Å². The fourth-order valence-electron chi connectivity index (χ4n) is 2.83. The lowest BCUT2D eigenvalue weighted by atomic mass is 9.94. The summed E-state index contributed by atoms with van der Waals surface area (Å²) < 4.78 is 11.5. The van der Waals surface area contributed by atoms with Crippen molar-refractivity contribution in [2.24, 2.45) is 0 Å². The van der Waals surface area contributed by atoms with Crippen molar-refractivity contribution in [2.75, 3.05) is 32.8 Å². The molecule has 2 aliphatic heterocycles. The van der Waals surface area contributed by atoms with Crippen molar-refractivity contribution >= 4 is 0 Å². The molecule has 1 spiro atoms. The van der Waals surface area contributed by atoms with Gasteiger partial charge in [0.15, 0.2) is 5.79 Å². The van der Waals surface area contributed by atoms with Crippen molar-refractivity contribution in [3.05, 3.63) is 0 Å². The molecule has 100 valence electrons. The number of likely N-dealkylation sites (tertiary alicyclic amines) is 1. The summed E-state index contributed by atoms with van der Waals surface area (Å²) in [5.74, 6) is -0.374. The Morgan fingerprint density at radius 2 is 1.88 bits per heavy atom. The lowest BCUT2D eigenvalue weighted by molar-refractivity contribution is -0.194. The SMILES string of the molecule is CCC(O)(CC)CN1CCCC2(C1)OCCO2. The first-order valence-electron chi connectivity index (χ1n) is 6.84. The van der Waals surface area contributed by atoms with Crippen LogP contribution in [-0.4, -0.2) is 54.2 Å². The number of β-amino-alcohol motifs (C(OH)–C–C–N with tert-alkyl or cyclic N) is 1. The van der Waals surface area contributed by atoms with Crippen LogP contribution in [0.25, 0.3) is 0 Å². The molecule has 2 heterocycles. The number of aliphatic hydroxyl groups is 1. The normalized spacial score (nSPS) is 25.6. The second-order valence-electron chi connectivity index (χ2n) is 5.35. The van der Waals surface area contributed by atoms with Crippen LogP contribution in [0.1, 0.15) is 39.5 Å². The number of nitrogens with zero attached hydrogens (tertiary/aromatic N) is 1. The van der Waals surface area contributed by atoms with E-state index in [1.807, 2.05) is 13.8 Å². The van der Waals surface area contributed by atoms with Crippen molar-refractivity contribution < 1.29 is 14.6 Å². The molecule has 0 atom stereocenters. The Bertz CT molecular complexity index is 245. The molecule has 2 rings (SSSR count). The van der Waals surface area contributed by atoms with Gasteiger partial charge in [0.05, 0.1) is 25.4 Å². The summed E-state index contributed by atoms with van der Waals surface area (Å²) in [4.78, 5) is 2.29. The van der Waals surface area contributed by atoms with Crippen molar-refractivity contribution in [2.45, 2.75) is 50.9 Å². The van der Waals surface area contributed by atoms with E-state index in [9.17, 15) is 5.11 Å².